The Morgan fingerprint density at radius 1 is 1.43 bits per heavy atom. The van der Waals surface area contributed by atoms with Crippen molar-refractivity contribution in [2.45, 2.75) is 37.8 Å². The number of benzene rings is 1. The molecule has 2 aliphatic rings. The van der Waals surface area contributed by atoms with Gasteiger partial charge in [-0.15, -0.1) is 0 Å². The van der Waals surface area contributed by atoms with Crippen LogP contribution in [0.2, 0.25) is 0 Å². The van der Waals surface area contributed by atoms with Gasteiger partial charge in [0, 0.05) is 30.6 Å². The molecule has 2 aromatic rings. The first kappa shape index (κ1) is 20.4. The summed E-state index contributed by atoms with van der Waals surface area (Å²) in [5, 5.41) is 15.5. The number of rotatable bonds is 7. The Labute approximate surface area is 172 Å². The molecule has 1 aliphatic carbocycles. The van der Waals surface area contributed by atoms with E-state index >= 15 is 4.39 Å². The summed E-state index contributed by atoms with van der Waals surface area (Å²) in [4.78, 5) is 25.4. The molecule has 10 heteroatoms. The number of ether oxygens (including phenoxy) is 1. The molecule has 0 bridgehead atoms. The number of nitriles is 1. The number of hydrogen-bond acceptors (Lipinski definition) is 7. The highest BCUT2D eigenvalue weighted by Gasteiger charge is 2.35. The van der Waals surface area contributed by atoms with Crippen molar-refractivity contribution >= 4 is 10.9 Å². The van der Waals surface area contributed by atoms with Gasteiger partial charge in [-0.3, -0.25) is 9.36 Å². The fourth-order valence-electron chi connectivity index (χ4n) is 4.38. The standard InChI is InChI=1S/C20H25FN6O3/c1-30-18-15(16(25-7-2-6-22)11-5-8-24-10-11)14(21)9-13-17(18)26(12-3-4-12)20(29)27(23)19(13)28/h9,11-12,16,24-25H,2-5,7-8,10,23H2,1H3. The zero-order valence-electron chi connectivity index (χ0n) is 16.8. The van der Waals surface area contributed by atoms with Crippen LogP contribution in [-0.4, -0.2) is 36.0 Å². The lowest BCUT2D eigenvalue weighted by Crippen LogP contribution is -2.44. The molecule has 4 rings (SSSR count). The molecule has 0 radical (unpaired) electrons. The van der Waals surface area contributed by atoms with Gasteiger partial charge in [-0.2, -0.15) is 9.94 Å². The third-order valence-electron chi connectivity index (χ3n) is 5.94. The number of nitrogens with two attached hydrogens (primary N) is 1. The van der Waals surface area contributed by atoms with Crippen molar-refractivity contribution in [3.63, 3.8) is 0 Å². The predicted molar refractivity (Wildman–Crippen MR) is 109 cm³/mol. The van der Waals surface area contributed by atoms with Gasteiger partial charge in [0.25, 0.3) is 5.56 Å². The van der Waals surface area contributed by atoms with Crippen molar-refractivity contribution in [3.05, 3.63) is 38.3 Å². The fourth-order valence-corrected chi connectivity index (χ4v) is 4.38. The largest absolute Gasteiger partial charge is 0.494 e. The summed E-state index contributed by atoms with van der Waals surface area (Å²) in [5.74, 6) is 5.34. The number of hydrogen-bond donors (Lipinski definition) is 3. The van der Waals surface area contributed by atoms with E-state index in [1.165, 1.54) is 11.7 Å². The summed E-state index contributed by atoms with van der Waals surface area (Å²) in [7, 11) is 1.41. The van der Waals surface area contributed by atoms with E-state index in [0.717, 1.165) is 31.9 Å². The van der Waals surface area contributed by atoms with Crippen molar-refractivity contribution in [2.24, 2.45) is 5.92 Å². The lowest BCUT2D eigenvalue weighted by Gasteiger charge is -2.28. The minimum absolute atomic E-state index is 0.0161. The monoisotopic (exact) mass is 416 g/mol. The molecule has 9 nitrogen and oxygen atoms in total. The van der Waals surface area contributed by atoms with Crippen LogP contribution in [0.5, 0.6) is 5.75 Å². The first-order chi connectivity index (χ1) is 14.5. The van der Waals surface area contributed by atoms with E-state index in [9.17, 15) is 9.59 Å². The minimum Gasteiger partial charge on any atom is -0.494 e. The van der Waals surface area contributed by atoms with Crippen LogP contribution < -0.4 is 32.5 Å². The van der Waals surface area contributed by atoms with Gasteiger partial charge in [0.15, 0.2) is 5.75 Å². The van der Waals surface area contributed by atoms with Crippen molar-refractivity contribution in [1.29, 1.82) is 5.26 Å². The van der Waals surface area contributed by atoms with Crippen LogP contribution in [0.4, 0.5) is 4.39 Å². The van der Waals surface area contributed by atoms with Gasteiger partial charge in [-0.05, 0) is 44.3 Å². The molecular formula is C20H25FN6O3. The van der Waals surface area contributed by atoms with E-state index in [1.807, 2.05) is 0 Å². The highest BCUT2D eigenvalue weighted by molar-refractivity contribution is 5.86. The second-order valence-electron chi connectivity index (χ2n) is 7.85. The van der Waals surface area contributed by atoms with E-state index in [0.29, 0.717) is 17.8 Å². The van der Waals surface area contributed by atoms with Gasteiger partial charge >= 0.3 is 5.69 Å². The molecule has 1 saturated heterocycles. The van der Waals surface area contributed by atoms with E-state index < -0.39 is 23.1 Å². The minimum atomic E-state index is -0.757. The van der Waals surface area contributed by atoms with Crippen LogP contribution in [-0.2, 0) is 0 Å². The van der Waals surface area contributed by atoms with Crippen molar-refractivity contribution < 1.29 is 9.13 Å². The number of methoxy groups -OCH3 is 1. The summed E-state index contributed by atoms with van der Waals surface area (Å²) >= 11 is 0. The van der Waals surface area contributed by atoms with Crippen molar-refractivity contribution in [3.8, 4) is 11.8 Å². The van der Waals surface area contributed by atoms with E-state index in [-0.39, 0.29) is 40.6 Å². The molecule has 2 heterocycles. The number of halogens is 1. The Hall–Kier alpha value is -2.90. The quantitative estimate of drug-likeness (QED) is 0.443. The Morgan fingerprint density at radius 2 is 2.20 bits per heavy atom. The maximum absolute atomic E-state index is 15.5. The van der Waals surface area contributed by atoms with Gasteiger partial charge in [-0.25, -0.2) is 9.18 Å². The van der Waals surface area contributed by atoms with E-state index in [1.54, 1.807) is 0 Å². The first-order valence-corrected chi connectivity index (χ1v) is 10.1. The second kappa shape index (κ2) is 8.08. The number of aromatic nitrogens is 2. The lowest BCUT2D eigenvalue weighted by atomic mass is 9.90. The normalized spacial score (nSPS) is 19.7. The van der Waals surface area contributed by atoms with Gasteiger partial charge in [0.1, 0.15) is 11.3 Å². The Kier molecular flexibility index (Phi) is 5.49. The molecule has 2 atom stereocenters. The second-order valence-corrected chi connectivity index (χ2v) is 7.85. The number of nitrogens with one attached hydrogen (secondary N) is 2. The summed E-state index contributed by atoms with van der Waals surface area (Å²) in [6.45, 7) is 1.88. The number of nitrogen functional groups attached to an aromatic ring is 1. The van der Waals surface area contributed by atoms with Crippen LogP contribution in [0.3, 0.4) is 0 Å². The van der Waals surface area contributed by atoms with Gasteiger partial charge in [0.05, 0.1) is 18.6 Å². The van der Waals surface area contributed by atoms with Gasteiger partial charge < -0.3 is 21.2 Å². The average molecular weight is 416 g/mol. The predicted octanol–water partition coefficient (Wildman–Crippen LogP) is 0.513. The van der Waals surface area contributed by atoms with Gasteiger partial charge in [-0.1, -0.05) is 0 Å². The smallest absolute Gasteiger partial charge is 0.350 e. The highest BCUT2D eigenvalue weighted by Crippen LogP contribution is 2.42. The lowest BCUT2D eigenvalue weighted by molar-refractivity contribution is 0.347. The van der Waals surface area contributed by atoms with Crippen LogP contribution in [0.25, 0.3) is 10.9 Å². The molecule has 2 fully saturated rings. The van der Waals surface area contributed by atoms with E-state index in [4.69, 9.17) is 15.8 Å². The zero-order chi connectivity index (χ0) is 21.4. The third-order valence-corrected chi connectivity index (χ3v) is 5.94. The summed E-state index contributed by atoms with van der Waals surface area (Å²) in [6.07, 6.45) is 2.66. The fraction of sp³-hybridized carbons (Fsp3) is 0.550. The van der Waals surface area contributed by atoms with Crippen LogP contribution in [0, 0.1) is 23.1 Å². The summed E-state index contributed by atoms with van der Waals surface area (Å²) in [5.41, 5.74) is -0.833. The molecule has 1 saturated carbocycles. The molecule has 160 valence electrons. The third kappa shape index (κ3) is 3.34. The average Bonchev–Trinajstić information content (AvgIpc) is 3.42. The highest BCUT2D eigenvalue weighted by atomic mass is 19.1. The van der Waals surface area contributed by atoms with Crippen LogP contribution in [0.15, 0.2) is 15.7 Å². The van der Waals surface area contributed by atoms with Crippen molar-refractivity contribution in [2.75, 3.05) is 32.6 Å². The SMILES string of the molecule is COc1c(C(NCCC#N)C2CCNC2)c(F)cc2c(=O)n(N)c(=O)n(C3CC3)c12. The molecule has 1 aliphatic heterocycles. The molecule has 0 amide bonds. The molecule has 1 aromatic carbocycles. The Balaban J connectivity index is 1.99. The summed E-state index contributed by atoms with van der Waals surface area (Å²) < 4.78 is 23.1. The zero-order valence-corrected chi connectivity index (χ0v) is 16.8. The molecule has 1 aromatic heterocycles. The maximum Gasteiger partial charge on any atom is 0.350 e. The molecule has 2 unspecified atom stereocenters. The van der Waals surface area contributed by atoms with Crippen LogP contribution in [0.1, 0.15) is 43.3 Å². The molecule has 0 spiro atoms. The summed E-state index contributed by atoms with van der Waals surface area (Å²) in [6, 6.07) is 2.71. The Bertz CT molecular complexity index is 1120. The molecule has 30 heavy (non-hydrogen) atoms. The molecular weight excluding hydrogens is 391 g/mol. The first-order valence-electron chi connectivity index (χ1n) is 10.1. The number of fused-ring (bicyclic) bond motifs is 1. The molecule has 4 N–H and O–H groups in total. The van der Waals surface area contributed by atoms with Gasteiger partial charge in [0.2, 0.25) is 0 Å². The Morgan fingerprint density at radius 3 is 2.80 bits per heavy atom. The topological polar surface area (TPSA) is 127 Å². The van der Waals surface area contributed by atoms with E-state index in [2.05, 4.69) is 16.7 Å². The maximum atomic E-state index is 15.5. The number of nitrogens with zero attached hydrogens (tertiary/aromatic N) is 3. The van der Waals surface area contributed by atoms with Crippen molar-refractivity contribution in [1.82, 2.24) is 19.9 Å². The van der Waals surface area contributed by atoms with Crippen LogP contribution >= 0.6 is 0 Å².